The molecular formula is C26H22N4O4S. The van der Waals surface area contributed by atoms with Gasteiger partial charge in [-0.05, 0) is 61.6 Å². The van der Waals surface area contributed by atoms with Crippen LogP contribution in [0.15, 0.2) is 83.4 Å². The lowest BCUT2D eigenvalue weighted by Crippen LogP contribution is -2.29. The Morgan fingerprint density at radius 1 is 1.11 bits per heavy atom. The molecule has 0 unspecified atom stereocenters. The minimum absolute atomic E-state index is 0.0523. The van der Waals surface area contributed by atoms with E-state index in [-0.39, 0.29) is 17.8 Å². The van der Waals surface area contributed by atoms with Gasteiger partial charge in [0.15, 0.2) is 5.11 Å². The molecule has 35 heavy (non-hydrogen) atoms. The van der Waals surface area contributed by atoms with Gasteiger partial charge in [0.05, 0.1) is 35.4 Å². The molecule has 0 aliphatic carbocycles. The van der Waals surface area contributed by atoms with Gasteiger partial charge in [-0.1, -0.05) is 23.8 Å². The van der Waals surface area contributed by atoms with Crippen molar-refractivity contribution < 1.29 is 14.1 Å². The molecule has 5 rings (SSSR count). The number of benzene rings is 2. The van der Waals surface area contributed by atoms with Crippen LogP contribution >= 0.6 is 12.2 Å². The van der Waals surface area contributed by atoms with E-state index in [0.717, 1.165) is 16.9 Å². The number of aromatic nitrogens is 1. The zero-order chi connectivity index (χ0) is 24.5. The maximum Gasteiger partial charge on any atom is 0.273 e. The van der Waals surface area contributed by atoms with E-state index < -0.39 is 4.92 Å². The molecule has 1 aliphatic rings. The lowest BCUT2D eigenvalue weighted by atomic mass is 10.0. The van der Waals surface area contributed by atoms with E-state index in [0.29, 0.717) is 27.9 Å². The first-order valence-electron chi connectivity index (χ1n) is 11.0. The summed E-state index contributed by atoms with van der Waals surface area (Å²) in [6.07, 6.45) is 1.75. The number of furan rings is 1. The Balaban J connectivity index is 1.59. The predicted octanol–water partition coefficient (Wildman–Crippen LogP) is 5.74. The van der Waals surface area contributed by atoms with Crippen LogP contribution in [0.4, 0.5) is 11.4 Å². The molecule has 0 amide bonds. The number of nitrogens with one attached hydrogen (secondary N) is 1. The summed E-state index contributed by atoms with van der Waals surface area (Å²) in [6.45, 7) is 2.04. The molecule has 2 atom stereocenters. The first kappa shape index (κ1) is 22.5. The topological polar surface area (TPSA) is 93.7 Å². The monoisotopic (exact) mass is 486 g/mol. The molecule has 0 radical (unpaired) electrons. The number of nitrogens with zero attached hydrogens (tertiary/aromatic N) is 3. The second-order valence-corrected chi connectivity index (χ2v) is 8.56. The van der Waals surface area contributed by atoms with Gasteiger partial charge in [-0.15, -0.1) is 0 Å². The van der Waals surface area contributed by atoms with Crippen LogP contribution in [0.1, 0.15) is 29.1 Å². The number of hydrogen-bond donors (Lipinski definition) is 1. The molecular weight excluding hydrogens is 464 g/mol. The quantitative estimate of drug-likeness (QED) is 0.209. The summed E-state index contributed by atoms with van der Waals surface area (Å²) < 4.78 is 11.8. The van der Waals surface area contributed by atoms with Gasteiger partial charge >= 0.3 is 0 Å². The molecule has 3 heterocycles. The van der Waals surface area contributed by atoms with Gasteiger partial charge < -0.3 is 19.4 Å². The third-order valence-corrected chi connectivity index (χ3v) is 6.30. The number of anilines is 1. The molecule has 1 saturated heterocycles. The summed E-state index contributed by atoms with van der Waals surface area (Å²) in [6, 6.07) is 21.5. The van der Waals surface area contributed by atoms with Crippen molar-refractivity contribution in [3.05, 3.63) is 106 Å². The highest BCUT2D eigenvalue weighted by atomic mass is 32.1. The number of nitro benzene ring substituents is 1. The van der Waals surface area contributed by atoms with E-state index in [1.54, 1.807) is 12.3 Å². The smallest absolute Gasteiger partial charge is 0.273 e. The largest absolute Gasteiger partial charge is 0.496 e. The maximum atomic E-state index is 11.2. The minimum Gasteiger partial charge on any atom is -0.496 e. The number of thiocarbonyl (C=S) groups is 1. The Labute approximate surface area is 207 Å². The zero-order valence-corrected chi connectivity index (χ0v) is 19.9. The summed E-state index contributed by atoms with van der Waals surface area (Å²) in [5.41, 5.74) is 3.48. The predicted molar refractivity (Wildman–Crippen MR) is 136 cm³/mol. The van der Waals surface area contributed by atoms with Crippen molar-refractivity contribution in [2.75, 3.05) is 12.0 Å². The first-order valence-corrected chi connectivity index (χ1v) is 11.4. The van der Waals surface area contributed by atoms with Crippen molar-refractivity contribution in [3.63, 3.8) is 0 Å². The molecule has 1 fully saturated rings. The first-order chi connectivity index (χ1) is 17.0. The van der Waals surface area contributed by atoms with Gasteiger partial charge in [-0.2, -0.15) is 0 Å². The second kappa shape index (κ2) is 9.19. The van der Waals surface area contributed by atoms with Crippen LogP contribution in [0.2, 0.25) is 0 Å². The SMILES string of the molecule is COc1cc([N+](=O)[O-])ccc1-c1ccc([C@@H]2[C@@H](c3ccccn3)NC(=S)N2c2ccc(C)cc2)o1. The molecule has 1 N–H and O–H groups in total. The number of hydrogen-bond acceptors (Lipinski definition) is 6. The molecule has 0 bridgehead atoms. The second-order valence-electron chi connectivity index (χ2n) is 8.18. The van der Waals surface area contributed by atoms with E-state index in [2.05, 4.69) is 10.3 Å². The van der Waals surface area contributed by atoms with E-state index in [1.807, 2.05) is 66.4 Å². The van der Waals surface area contributed by atoms with Gasteiger partial charge in [0, 0.05) is 18.0 Å². The van der Waals surface area contributed by atoms with Crippen molar-refractivity contribution in [1.82, 2.24) is 10.3 Å². The summed E-state index contributed by atoms with van der Waals surface area (Å²) in [5, 5.41) is 15.2. The molecule has 4 aromatic rings. The van der Waals surface area contributed by atoms with Crippen LogP contribution in [-0.2, 0) is 0 Å². The van der Waals surface area contributed by atoms with Gasteiger partial charge in [0.25, 0.3) is 5.69 Å². The van der Waals surface area contributed by atoms with Crippen LogP contribution in [-0.4, -0.2) is 22.1 Å². The van der Waals surface area contributed by atoms with Crippen LogP contribution in [0.25, 0.3) is 11.3 Å². The molecule has 9 heteroatoms. The molecule has 176 valence electrons. The van der Waals surface area contributed by atoms with Gasteiger partial charge in [-0.25, -0.2) is 0 Å². The number of nitro groups is 1. The molecule has 0 spiro atoms. The number of aryl methyl sites for hydroxylation is 1. The lowest BCUT2D eigenvalue weighted by Gasteiger charge is -2.26. The molecule has 2 aromatic heterocycles. The summed E-state index contributed by atoms with van der Waals surface area (Å²) in [7, 11) is 1.47. The Hall–Kier alpha value is -4.24. The molecule has 2 aromatic carbocycles. The third kappa shape index (κ3) is 4.22. The normalized spacial score (nSPS) is 17.3. The fourth-order valence-electron chi connectivity index (χ4n) is 4.28. The van der Waals surface area contributed by atoms with Gasteiger partial charge in [0.1, 0.15) is 23.3 Å². The summed E-state index contributed by atoms with van der Waals surface area (Å²) in [5.74, 6) is 1.56. The summed E-state index contributed by atoms with van der Waals surface area (Å²) >= 11 is 5.75. The van der Waals surface area contributed by atoms with Crippen molar-refractivity contribution in [2.24, 2.45) is 0 Å². The number of methoxy groups -OCH3 is 1. The van der Waals surface area contributed by atoms with Crippen LogP contribution < -0.4 is 15.0 Å². The zero-order valence-electron chi connectivity index (χ0n) is 19.0. The highest BCUT2D eigenvalue weighted by Crippen LogP contribution is 2.44. The van der Waals surface area contributed by atoms with E-state index in [1.165, 1.54) is 19.2 Å². The Morgan fingerprint density at radius 2 is 1.91 bits per heavy atom. The minimum atomic E-state index is -0.456. The van der Waals surface area contributed by atoms with E-state index >= 15 is 0 Å². The Bertz CT molecular complexity index is 1390. The maximum absolute atomic E-state index is 11.2. The van der Waals surface area contributed by atoms with E-state index in [4.69, 9.17) is 21.4 Å². The van der Waals surface area contributed by atoms with E-state index in [9.17, 15) is 10.1 Å². The van der Waals surface area contributed by atoms with Gasteiger partial charge in [0.2, 0.25) is 0 Å². The fraction of sp³-hybridized carbons (Fsp3) is 0.154. The number of ether oxygens (including phenoxy) is 1. The fourth-order valence-corrected chi connectivity index (χ4v) is 4.63. The summed E-state index contributed by atoms with van der Waals surface area (Å²) in [4.78, 5) is 17.3. The van der Waals surface area contributed by atoms with Crippen molar-refractivity contribution in [2.45, 2.75) is 19.0 Å². The number of pyridine rings is 1. The van der Waals surface area contributed by atoms with Crippen LogP contribution in [0.5, 0.6) is 5.75 Å². The molecule has 1 aliphatic heterocycles. The Kier molecular flexibility index (Phi) is 5.92. The van der Waals surface area contributed by atoms with Crippen molar-refractivity contribution in [3.8, 4) is 17.1 Å². The van der Waals surface area contributed by atoms with Crippen molar-refractivity contribution >= 4 is 28.7 Å². The third-order valence-electron chi connectivity index (χ3n) is 5.99. The number of non-ortho nitro benzene ring substituents is 1. The molecule has 8 nitrogen and oxygen atoms in total. The van der Waals surface area contributed by atoms with Gasteiger partial charge in [-0.3, -0.25) is 15.1 Å². The molecule has 0 saturated carbocycles. The highest BCUT2D eigenvalue weighted by molar-refractivity contribution is 7.80. The van der Waals surface area contributed by atoms with Crippen LogP contribution in [0, 0.1) is 17.0 Å². The van der Waals surface area contributed by atoms with Crippen LogP contribution in [0.3, 0.4) is 0 Å². The van der Waals surface area contributed by atoms with Crippen molar-refractivity contribution in [1.29, 1.82) is 0 Å². The Morgan fingerprint density at radius 3 is 2.60 bits per heavy atom. The average molecular weight is 487 g/mol. The standard InChI is InChI=1S/C26H22N4O4S/c1-16-6-8-17(9-7-16)29-25(24(28-26(29)35)20-5-3-4-14-27-20)22-13-12-21(34-22)19-11-10-18(30(31)32)15-23(19)33-2/h3-15,24-25H,1-2H3,(H,28,35)/t24-,25-/m1/s1. The highest BCUT2D eigenvalue weighted by Gasteiger charge is 2.42. The average Bonchev–Trinajstić information content (AvgIpc) is 3.49. The lowest BCUT2D eigenvalue weighted by molar-refractivity contribution is -0.384. The number of rotatable bonds is 6.